The van der Waals surface area contributed by atoms with Crippen LogP contribution in [0.2, 0.25) is 0 Å². The monoisotopic (exact) mass is 279 g/mol. The van der Waals surface area contributed by atoms with Crippen LogP contribution in [0.1, 0.15) is 18.4 Å². The Balaban J connectivity index is 1.69. The Hall–Kier alpha value is -0.510. The van der Waals surface area contributed by atoms with Gasteiger partial charge >= 0.3 is 0 Å². The number of thioether (sulfide) groups is 1. The minimum Gasteiger partial charge on any atom is -0.376 e. The summed E-state index contributed by atoms with van der Waals surface area (Å²) < 4.78 is 5.89. The molecule has 1 aromatic rings. The zero-order chi connectivity index (χ0) is 13.3. The largest absolute Gasteiger partial charge is 0.376 e. The Morgan fingerprint density at radius 1 is 1.32 bits per heavy atom. The fourth-order valence-corrected chi connectivity index (χ4v) is 2.98. The summed E-state index contributed by atoms with van der Waals surface area (Å²) in [5.41, 5.74) is 1.42. The first-order valence-corrected chi connectivity index (χ1v) is 8.64. The number of nitrogens with zero attached hydrogens (tertiary/aromatic N) is 1. The molecule has 0 bridgehead atoms. The normalized spacial score (nSPS) is 20.6. The molecule has 0 radical (unpaired) electrons. The molecule has 19 heavy (non-hydrogen) atoms. The molecule has 1 aliphatic heterocycles. The minimum atomic E-state index is 0.420. The Bertz CT molecular complexity index is 344. The number of rotatable bonds is 7. The Kier molecular flexibility index (Phi) is 6.75. The van der Waals surface area contributed by atoms with Gasteiger partial charge in [0, 0.05) is 13.1 Å². The fourth-order valence-electron chi connectivity index (χ4n) is 2.56. The van der Waals surface area contributed by atoms with E-state index in [1.54, 1.807) is 0 Å². The second kappa shape index (κ2) is 8.62. The summed E-state index contributed by atoms with van der Waals surface area (Å²) in [4.78, 5) is 2.56. The van der Waals surface area contributed by atoms with Gasteiger partial charge in [0.05, 0.1) is 12.7 Å². The number of hydrogen-bond donors (Lipinski definition) is 0. The molecule has 2 rings (SSSR count). The van der Waals surface area contributed by atoms with Crippen molar-refractivity contribution in [3.8, 4) is 0 Å². The molecule has 1 aliphatic rings. The van der Waals surface area contributed by atoms with Crippen molar-refractivity contribution in [1.82, 2.24) is 4.90 Å². The summed E-state index contributed by atoms with van der Waals surface area (Å²) in [5.74, 6) is 1.27. The summed E-state index contributed by atoms with van der Waals surface area (Å²) in [7, 11) is 0. The van der Waals surface area contributed by atoms with Gasteiger partial charge in [-0.1, -0.05) is 30.3 Å². The second-order valence-electron chi connectivity index (χ2n) is 5.16. The van der Waals surface area contributed by atoms with Crippen LogP contribution in [0.15, 0.2) is 30.3 Å². The molecular formula is C16H25NOS. The average molecular weight is 279 g/mol. The van der Waals surface area contributed by atoms with Gasteiger partial charge in [0.15, 0.2) is 0 Å². The molecular weight excluding hydrogens is 254 g/mol. The molecule has 0 saturated carbocycles. The van der Waals surface area contributed by atoms with Crippen LogP contribution in [0.25, 0.3) is 0 Å². The van der Waals surface area contributed by atoms with Crippen molar-refractivity contribution in [2.75, 3.05) is 38.2 Å². The minimum absolute atomic E-state index is 0.420. The predicted molar refractivity (Wildman–Crippen MR) is 83.9 cm³/mol. The van der Waals surface area contributed by atoms with Crippen LogP contribution in [-0.2, 0) is 11.2 Å². The summed E-state index contributed by atoms with van der Waals surface area (Å²) in [6.07, 6.45) is 6.17. The van der Waals surface area contributed by atoms with Gasteiger partial charge in [0.1, 0.15) is 0 Å². The molecule has 0 amide bonds. The van der Waals surface area contributed by atoms with Crippen molar-refractivity contribution in [2.45, 2.75) is 25.4 Å². The lowest BCUT2D eigenvalue weighted by molar-refractivity contribution is -0.0315. The van der Waals surface area contributed by atoms with Crippen molar-refractivity contribution >= 4 is 11.8 Å². The molecule has 1 fully saturated rings. The van der Waals surface area contributed by atoms with Crippen molar-refractivity contribution in [1.29, 1.82) is 0 Å². The van der Waals surface area contributed by atoms with Gasteiger partial charge < -0.3 is 4.74 Å². The van der Waals surface area contributed by atoms with Gasteiger partial charge in [-0.25, -0.2) is 0 Å². The maximum atomic E-state index is 5.89. The van der Waals surface area contributed by atoms with Crippen molar-refractivity contribution in [3.05, 3.63) is 35.9 Å². The van der Waals surface area contributed by atoms with Crippen molar-refractivity contribution in [3.63, 3.8) is 0 Å². The van der Waals surface area contributed by atoms with E-state index >= 15 is 0 Å². The molecule has 1 unspecified atom stereocenters. The van der Waals surface area contributed by atoms with E-state index in [0.29, 0.717) is 6.10 Å². The van der Waals surface area contributed by atoms with Gasteiger partial charge in [-0.05, 0) is 43.4 Å². The van der Waals surface area contributed by atoms with E-state index < -0.39 is 0 Å². The maximum Gasteiger partial charge on any atom is 0.0705 e. The highest BCUT2D eigenvalue weighted by atomic mass is 32.2. The molecule has 1 atom stereocenters. The van der Waals surface area contributed by atoms with E-state index in [1.807, 2.05) is 11.8 Å². The molecule has 0 spiro atoms. The SMILES string of the molecule is CSCCCN1CCOC(CCc2ccccc2)C1. The quantitative estimate of drug-likeness (QED) is 0.712. The number of ether oxygens (including phenoxy) is 1. The van der Waals surface area contributed by atoms with Crippen LogP contribution in [0.3, 0.4) is 0 Å². The molecule has 0 aromatic heterocycles. The van der Waals surface area contributed by atoms with Gasteiger partial charge in [-0.3, -0.25) is 4.90 Å². The summed E-state index contributed by atoms with van der Waals surface area (Å²) >= 11 is 1.94. The third-order valence-corrected chi connectivity index (χ3v) is 4.34. The number of hydrogen-bond acceptors (Lipinski definition) is 3. The second-order valence-corrected chi connectivity index (χ2v) is 6.15. The lowest BCUT2D eigenvalue weighted by Gasteiger charge is -2.33. The fraction of sp³-hybridized carbons (Fsp3) is 0.625. The smallest absolute Gasteiger partial charge is 0.0705 e. The molecule has 3 heteroatoms. The van der Waals surface area contributed by atoms with E-state index in [-0.39, 0.29) is 0 Å². The Labute approximate surface area is 121 Å². The lowest BCUT2D eigenvalue weighted by Crippen LogP contribution is -2.43. The third-order valence-electron chi connectivity index (χ3n) is 3.64. The summed E-state index contributed by atoms with van der Waals surface area (Å²) in [6.45, 7) is 4.35. The zero-order valence-corrected chi connectivity index (χ0v) is 12.7. The van der Waals surface area contributed by atoms with Crippen molar-refractivity contribution in [2.24, 2.45) is 0 Å². The predicted octanol–water partition coefficient (Wildman–Crippen LogP) is 3.07. The number of aryl methyl sites for hydroxylation is 1. The third kappa shape index (κ3) is 5.55. The van der Waals surface area contributed by atoms with Crippen LogP contribution in [0.5, 0.6) is 0 Å². The van der Waals surface area contributed by atoms with E-state index in [1.165, 1.54) is 24.3 Å². The van der Waals surface area contributed by atoms with E-state index in [2.05, 4.69) is 41.5 Å². The molecule has 1 aromatic carbocycles. The number of benzene rings is 1. The van der Waals surface area contributed by atoms with Crippen LogP contribution >= 0.6 is 11.8 Å². The standard InChI is InChI=1S/C16H25NOS/c1-19-13-5-10-17-11-12-18-16(14-17)9-8-15-6-3-2-4-7-15/h2-4,6-7,16H,5,8-14H2,1H3. The molecule has 1 saturated heterocycles. The van der Waals surface area contributed by atoms with Crippen LogP contribution < -0.4 is 0 Å². The summed E-state index contributed by atoms with van der Waals surface area (Å²) in [6, 6.07) is 10.7. The highest BCUT2D eigenvalue weighted by molar-refractivity contribution is 7.98. The lowest BCUT2D eigenvalue weighted by atomic mass is 10.1. The number of morpholine rings is 1. The molecule has 1 heterocycles. The maximum absolute atomic E-state index is 5.89. The molecule has 0 aliphatic carbocycles. The van der Waals surface area contributed by atoms with Gasteiger partial charge in [-0.15, -0.1) is 0 Å². The zero-order valence-electron chi connectivity index (χ0n) is 11.9. The highest BCUT2D eigenvalue weighted by Crippen LogP contribution is 2.13. The van der Waals surface area contributed by atoms with Crippen LogP contribution in [-0.4, -0.2) is 49.3 Å². The van der Waals surface area contributed by atoms with Gasteiger partial charge in [0.2, 0.25) is 0 Å². The first-order chi connectivity index (χ1) is 9.38. The van der Waals surface area contributed by atoms with Crippen molar-refractivity contribution < 1.29 is 4.74 Å². The first kappa shape index (κ1) is 14.9. The van der Waals surface area contributed by atoms with E-state index in [9.17, 15) is 0 Å². The molecule has 106 valence electrons. The topological polar surface area (TPSA) is 12.5 Å². The Morgan fingerprint density at radius 2 is 2.16 bits per heavy atom. The summed E-state index contributed by atoms with van der Waals surface area (Å²) in [5, 5.41) is 0. The van der Waals surface area contributed by atoms with Gasteiger partial charge in [-0.2, -0.15) is 11.8 Å². The van der Waals surface area contributed by atoms with E-state index in [0.717, 1.165) is 32.5 Å². The van der Waals surface area contributed by atoms with Crippen LogP contribution in [0, 0.1) is 0 Å². The molecule has 2 nitrogen and oxygen atoms in total. The van der Waals surface area contributed by atoms with Gasteiger partial charge in [0.25, 0.3) is 0 Å². The first-order valence-electron chi connectivity index (χ1n) is 7.25. The van der Waals surface area contributed by atoms with Crippen LogP contribution in [0.4, 0.5) is 0 Å². The Morgan fingerprint density at radius 3 is 2.95 bits per heavy atom. The van der Waals surface area contributed by atoms with E-state index in [4.69, 9.17) is 4.74 Å². The molecule has 0 N–H and O–H groups in total. The average Bonchev–Trinajstić information content (AvgIpc) is 2.47. The highest BCUT2D eigenvalue weighted by Gasteiger charge is 2.19.